The van der Waals surface area contributed by atoms with Gasteiger partial charge < -0.3 is 14.6 Å². The number of nitro groups is 1. The van der Waals surface area contributed by atoms with Crippen LogP contribution < -0.4 is 9.64 Å². The molecule has 0 aliphatic carbocycles. The van der Waals surface area contributed by atoms with E-state index in [1.54, 1.807) is 31.2 Å². The fourth-order valence-electron chi connectivity index (χ4n) is 4.23. The number of aliphatic hydroxyl groups is 1. The second-order valence-corrected chi connectivity index (χ2v) is 10.0. The zero-order chi connectivity index (χ0) is 29.7. The number of hydrogen-bond donors (Lipinski definition) is 1. The number of nitrogens with zero attached hydrogens (tertiary/aromatic N) is 3. The fraction of sp³-hybridized carbons (Fsp3) is 0.241. The van der Waals surface area contributed by atoms with Crippen molar-refractivity contribution in [3.05, 3.63) is 98.6 Å². The number of Topliss-reactive ketones (excluding diaryl/α,β-unsaturated/α-hetero) is 1. The standard InChI is InChI=1S/C29H27N3O8S/c1-4-6-15-39-21-12-10-18(11-13-21)24(33)22-23(19-8-7-9-20(16-19)32(37)38)31(27(35)25(22)34)29-30-17(3)26(41-29)28(36)40-14-5-2/h5,7-13,16,23,33H,2,4,6,14-15H2,1,3H3/t23-/m0/s1. The number of rotatable bonds is 11. The van der Waals surface area contributed by atoms with E-state index in [4.69, 9.17) is 9.47 Å². The van der Waals surface area contributed by atoms with Crippen molar-refractivity contribution < 1.29 is 33.9 Å². The van der Waals surface area contributed by atoms with Crippen LogP contribution in [-0.2, 0) is 14.3 Å². The molecule has 0 saturated carbocycles. The largest absolute Gasteiger partial charge is 0.507 e. The van der Waals surface area contributed by atoms with Crippen LogP contribution >= 0.6 is 11.3 Å². The molecule has 1 aliphatic heterocycles. The molecule has 0 spiro atoms. The summed E-state index contributed by atoms with van der Waals surface area (Å²) in [6.45, 7) is 7.59. The number of nitro benzene ring substituents is 1. The molecule has 0 bridgehead atoms. The highest BCUT2D eigenvalue weighted by molar-refractivity contribution is 7.17. The van der Waals surface area contributed by atoms with Gasteiger partial charge in [0.25, 0.3) is 11.5 Å². The molecule has 1 N–H and O–H groups in total. The number of anilines is 1. The molecule has 1 aliphatic rings. The maximum absolute atomic E-state index is 13.4. The van der Waals surface area contributed by atoms with Crippen molar-refractivity contribution in [3.63, 3.8) is 0 Å². The van der Waals surface area contributed by atoms with E-state index in [9.17, 15) is 29.6 Å². The quantitative estimate of drug-likeness (QED) is 0.0455. The Morgan fingerprint density at radius 1 is 1.24 bits per heavy atom. The molecule has 1 amide bonds. The van der Waals surface area contributed by atoms with Crippen LogP contribution in [0.2, 0.25) is 0 Å². The first-order valence-corrected chi connectivity index (χ1v) is 13.5. The molecule has 0 radical (unpaired) electrons. The van der Waals surface area contributed by atoms with Crippen LogP contribution in [0.3, 0.4) is 0 Å². The third kappa shape index (κ3) is 6.02. The summed E-state index contributed by atoms with van der Waals surface area (Å²) in [5, 5.41) is 22.9. The summed E-state index contributed by atoms with van der Waals surface area (Å²) < 4.78 is 10.8. The molecular formula is C29H27N3O8S. The van der Waals surface area contributed by atoms with Crippen LogP contribution in [0.1, 0.15) is 52.3 Å². The van der Waals surface area contributed by atoms with Gasteiger partial charge in [0.2, 0.25) is 0 Å². The van der Waals surface area contributed by atoms with E-state index in [0.717, 1.165) is 29.1 Å². The van der Waals surface area contributed by atoms with Crippen LogP contribution in [0.4, 0.5) is 10.8 Å². The molecule has 2 aromatic carbocycles. The van der Waals surface area contributed by atoms with E-state index in [0.29, 0.717) is 12.4 Å². The summed E-state index contributed by atoms with van der Waals surface area (Å²) in [6.07, 6.45) is 3.24. The van der Waals surface area contributed by atoms with E-state index in [1.807, 2.05) is 6.92 Å². The number of aryl methyl sites for hydroxylation is 1. The van der Waals surface area contributed by atoms with Gasteiger partial charge in [0.15, 0.2) is 5.13 Å². The topological polar surface area (TPSA) is 149 Å². The summed E-state index contributed by atoms with van der Waals surface area (Å²) >= 11 is 0.829. The number of benzene rings is 2. The van der Waals surface area contributed by atoms with Crippen LogP contribution in [0, 0.1) is 17.0 Å². The summed E-state index contributed by atoms with van der Waals surface area (Å²) in [6, 6.07) is 10.5. The monoisotopic (exact) mass is 577 g/mol. The summed E-state index contributed by atoms with van der Waals surface area (Å²) in [4.78, 5) is 55.8. The van der Waals surface area contributed by atoms with Crippen molar-refractivity contribution >= 4 is 45.6 Å². The van der Waals surface area contributed by atoms with Gasteiger partial charge in [0, 0.05) is 17.7 Å². The van der Waals surface area contributed by atoms with E-state index < -0.39 is 34.4 Å². The van der Waals surface area contributed by atoms with Crippen molar-refractivity contribution in [2.45, 2.75) is 32.7 Å². The molecule has 2 heterocycles. The van der Waals surface area contributed by atoms with Gasteiger partial charge in [-0.05, 0) is 43.2 Å². The average molecular weight is 578 g/mol. The van der Waals surface area contributed by atoms with Crippen LogP contribution in [0.25, 0.3) is 5.76 Å². The Bertz CT molecular complexity index is 1540. The van der Waals surface area contributed by atoms with Gasteiger partial charge in [-0.15, -0.1) is 0 Å². The number of unbranched alkanes of at least 4 members (excludes halogenated alkanes) is 1. The van der Waals surface area contributed by atoms with Crippen molar-refractivity contribution in [3.8, 4) is 5.75 Å². The first kappa shape index (κ1) is 29.2. The van der Waals surface area contributed by atoms with Gasteiger partial charge in [-0.2, -0.15) is 0 Å². The molecular weight excluding hydrogens is 550 g/mol. The van der Waals surface area contributed by atoms with E-state index >= 15 is 0 Å². The zero-order valence-corrected chi connectivity index (χ0v) is 23.2. The molecule has 41 heavy (non-hydrogen) atoms. The number of carbonyl (C=O) groups excluding carboxylic acids is 3. The summed E-state index contributed by atoms with van der Waals surface area (Å²) in [7, 11) is 0. The Hall–Kier alpha value is -4.84. The first-order valence-electron chi connectivity index (χ1n) is 12.7. The highest BCUT2D eigenvalue weighted by atomic mass is 32.1. The van der Waals surface area contributed by atoms with Crippen molar-refractivity contribution in [2.75, 3.05) is 18.1 Å². The molecule has 1 saturated heterocycles. The van der Waals surface area contributed by atoms with Gasteiger partial charge in [0.1, 0.15) is 23.0 Å². The Balaban J connectivity index is 1.83. The summed E-state index contributed by atoms with van der Waals surface area (Å²) in [5.74, 6) is -2.61. The number of non-ortho nitro benzene ring substituents is 1. The molecule has 1 fully saturated rings. The number of amides is 1. The second kappa shape index (κ2) is 12.6. The summed E-state index contributed by atoms with van der Waals surface area (Å²) in [5.41, 5.74) is 0.148. The number of ether oxygens (including phenoxy) is 2. The van der Waals surface area contributed by atoms with Gasteiger partial charge in [-0.1, -0.05) is 49.5 Å². The molecule has 3 aromatic rings. The molecule has 0 unspecified atom stereocenters. The third-order valence-electron chi connectivity index (χ3n) is 6.24. The lowest BCUT2D eigenvalue weighted by molar-refractivity contribution is -0.384. The first-order chi connectivity index (χ1) is 19.7. The van der Waals surface area contributed by atoms with Crippen molar-refractivity contribution in [2.24, 2.45) is 0 Å². The zero-order valence-electron chi connectivity index (χ0n) is 22.4. The normalized spacial score (nSPS) is 16.0. The van der Waals surface area contributed by atoms with E-state index in [1.165, 1.54) is 30.3 Å². The smallest absolute Gasteiger partial charge is 0.350 e. The van der Waals surface area contributed by atoms with E-state index in [2.05, 4.69) is 11.6 Å². The highest BCUT2D eigenvalue weighted by Crippen LogP contribution is 2.44. The number of aromatic nitrogens is 1. The minimum atomic E-state index is -1.27. The Kier molecular flexibility index (Phi) is 8.93. The number of esters is 1. The number of carbonyl (C=O) groups is 3. The SMILES string of the molecule is C=CCOC(=O)c1sc(N2C(=O)C(=O)C(=C(O)c3ccc(OCCCC)cc3)[C@@H]2c2cccc([N+](=O)[O-])c2)nc1C. The molecule has 212 valence electrons. The van der Waals surface area contributed by atoms with Crippen molar-refractivity contribution in [1.29, 1.82) is 0 Å². The Morgan fingerprint density at radius 3 is 2.63 bits per heavy atom. The lowest BCUT2D eigenvalue weighted by Gasteiger charge is -2.22. The highest BCUT2D eigenvalue weighted by Gasteiger charge is 2.48. The fourth-order valence-corrected chi connectivity index (χ4v) is 5.21. The predicted molar refractivity (Wildman–Crippen MR) is 152 cm³/mol. The van der Waals surface area contributed by atoms with Gasteiger partial charge in [0.05, 0.1) is 28.8 Å². The molecule has 11 nitrogen and oxygen atoms in total. The van der Waals surface area contributed by atoms with Crippen LogP contribution in [-0.4, -0.2) is 45.9 Å². The minimum absolute atomic E-state index is 0.00891. The van der Waals surface area contributed by atoms with Crippen LogP contribution in [0.15, 0.2) is 66.8 Å². The van der Waals surface area contributed by atoms with Crippen LogP contribution in [0.5, 0.6) is 5.75 Å². The minimum Gasteiger partial charge on any atom is -0.507 e. The average Bonchev–Trinajstić information content (AvgIpc) is 3.48. The van der Waals surface area contributed by atoms with Gasteiger partial charge in [-0.25, -0.2) is 9.78 Å². The number of hydrogen-bond acceptors (Lipinski definition) is 10. The molecule has 4 rings (SSSR count). The maximum Gasteiger partial charge on any atom is 0.350 e. The number of aliphatic hydroxyl groups excluding tert-OH is 1. The Labute approximate surface area is 239 Å². The number of ketones is 1. The van der Waals surface area contributed by atoms with E-state index in [-0.39, 0.29) is 44.7 Å². The maximum atomic E-state index is 13.4. The Morgan fingerprint density at radius 2 is 1.98 bits per heavy atom. The van der Waals surface area contributed by atoms with Crippen molar-refractivity contribution in [1.82, 2.24) is 4.98 Å². The molecule has 1 atom stereocenters. The van der Waals surface area contributed by atoms with Gasteiger partial charge in [-0.3, -0.25) is 24.6 Å². The predicted octanol–water partition coefficient (Wildman–Crippen LogP) is 5.51. The molecule has 1 aromatic heterocycles. The molecule has 12 heteroatoms. The van der Waals surface area contributed by atoms with Gasteiger partial charge >= 0.3 is 11.9 Å². The second-order valence-electron chi connectivity index (χ2n) is 9.05. The lowest BCUT2D eigenvalue weighted by atomic mass is 9.95. The lowest BCUT2D eigenvalue weighted by Crippen LogP contribution is -2.29. The third-order valence-corrected chi connectivity index (χ3v) is 7.38. The number of thiazole rings is 1.